The normalized spacial score (nSPS) is 10.0. The van der Waals surface area contributed by atoms with Gasteiger partial charge < -0.3 is 0 Å². The van der Waals surface area contributed by atoms with Crippen LogP contribution in [0.3, 0.4) is 0 Å². The summed E-state index contributed by atoms with van der Waals surface area (Å²) in [7, 11) is 2.74. The highest BCUT2D eigenvalue weighted by atomic mass is 16.7. The number of hydrogen-bond donors (Lipinski definition) is 1. The van der Waals surface area contributed by atoms with Gasteiger partial charge in [0.05, 0.1) is 7.11 Å². The van der Waals surface area contributed by atoms with Gasteiger partial charge in [-0.2, -0.15) is 0 Å². The molecule has 0 saturated carbocycles. The molecule has 0 unspecified atom stereocenters. The van der Waals surface area contributed by atoms with Crippen molar-refractivity contribution in [3.05, 3.63) is 32.8 Å². The lowest BCUT2D eigenvalue weighted by atomic mass is 10.5. The van der Waals surface area contributed by atoms with E-state index in [4.69, 9.17) is 0 Å². The molecular formula is C8H11N3O4. The first-order valence-electron chi connectivity index (χ1n) is 4.15. The number of aromatic nitrogens is 2. The maximum Gasteiger partial charge on any atom is 0.267 e. The minimum absolute atomic E-state index is 0.265. The Hall–Kier alpha value is -1.89. The predicted molar refractivity (Wildman–Crippen MR) is 51.1 cm³/mol. The van der Waals surface area contributed by atoms with Gasteiger partial charge in [0.25, 0.3) is 17.0 Å². The first-order chi connectivity index (χ1) is 7.04. The zero-order valence-electron chi connectivity index (χ0n) is 8.39. The molecule has 0 aliphatic heterocycles. The van der Waals surface area contributed by atoms with E-state index in [9.17, 15) is 14.4 Å². The Balaban J connectivity index is 2.90. The molecule has 0 aromatic carbocycles. The summed E-state index contributed by atoms with van der Waals surface area (Å²) in [5.41, 5.74) is -0.894. The average Bonchev–Trinajstić information content (AvgIpc) is 2.22. The first-order valence-corrected chi connectivity index (χ1v) is 4.15. The van der Waals surface area contributed by atoms with Crippen LogP contribution in [0.15, 0.2) is 21.7 Å². The summed E-state index contributed by atoms with van der Waals surface area (Å²) >= 11 is 0. The first kappa shape index (κ1) is 11.2. The van der Waals surface area contributed by atoms with Crippen molar-refractivity contribution in [3.63, 3.8) is 0 Å². The van der Waals surface area contributed by atoms with Gasteiger partial charge in [-0.1, -0.05) is 0 Å². The number of rotatable bonds is 3. The van der Waals surface area contributed by atoms with Crippen LogP contribution in [-0.4, -0.2) is 34.9 Å². The SMILES string of the molecule is CON(C)C(=O)Cn1[nH]c(=O)ccc1=O. The van der Waals surface area contributed by atoms with Gasteiger partial charge in [-0.05, 0) is 0 Å². The Bertz CT molecular complexity index is 461. The molecule has 1 heterocycles. The molecule has 1 aromatic rings. The van der Waals surface area contributed by atoms with E-state index in [1.165, 1.54) is 14.2 Å². The molecule has 0 saturated heterocycles. The predicted octanol–water partition coefficient (Wildman–Crippen LogP) is -1.44. The van der Waals surface area contributed by atoms with Crippen molar-refractivity contribution in [3.8, 4) is 0 Å². The van der Waals surface area contributed by atoms with Crippen LogP contribution in [-0.2, 0) is 16.2 Å². The van der Waals surface area contributed by atoms with E-state index in [-0.39, 0.29) is 6.54 Å². The summed E-state index contributed by atoms with van der Waals surface area (Å²) < 4.78 is 0.917. The highest BCUT2D eigenvalue weighted by Crippen LogP contribution is 1.85. The Morgan fingerprint density at radius 1 is 1.53 bits per heavy atom. The molecule has 15 heavy (non-hydrogen) atoms. The molecule has 1 amide bonds. The number of amides is 1. The van der Waals surface area contributed by atoms with Gasteiger partial charge in [-0.3, -0.25) is 24.3 Å². The molecule has 0 aliphatic rings. The molecule has 7 nitrogen and oxygen atoms in total. The average molecular weight is 213 g/mol. The number of H-pyrrole nitrogens is 1. The van der Waals surface area contributed by atoms with Crippen molar-refractivity contribution in [1.29, 1.82) is 0 Å². The molecule has 0 fully saturated rings. The van der Waals surface area contributed by atoms with E-state index in [1.807, 2.05) is 0 Å². The Morgan fingerprint density at radius 2 is 2.20 bits per heavy atom. The third kappa shape index (κ3) is 2.78. The Labute approximate surface area is 84.8 Å². The molecule has 0 aliphatic carbocycles. The number of carbonyl (C=O) groups excluding carboxylic acids is 1. The third-order valence-corrected chi connectivity index (χ3v) is 1.81. The van der Waals surface area contributed by atoms with Crippen LogP contribution >= 0.6 is 0 Å². The van der Waals surface area contributed by atoms with E-state index >= 15 is 0 Å². The monoisotopic (exact) mass is 213 g/mol. The van der Waals surface area contributed by atoms with Gasteiger partial charge in [0, 0.05) is 19.2 Å². The fourth-order valence-electron chi connectivity index (χ4n) is 0.916. The maximum atomic E-state index is 11.3. The topological polar surface area (TPSA) is 84.4 Å². The Kier molecular flexibility index (Phi) is 3.40. The van der Waals surface area contributed by atoms with Crippen LogP contribution in [0.5, 0.6) is 0 Å². The van der Waals surface area contributed by atoms with Crippen LogP contribution < -0.4 is 11.1 Å². The molecule has 1 rings (SSSR count). The minimum Gasteiger partial charge on any atom is -0.275 e. The van der Waals surface area contributed by atoms with Crippen LogP contribution in [0.1, 0.15) is 0 Å². The largest absolute Gasteiger partial charge is 0.275 e. The second kappa shape index (κ2) is 4.56. The fraction of sp³-hybridized carbons (Fsp3) is 0.375. The second-order valence-corrected chi connectivity index (χ2v) is 2.81. The molecule has 0 atom stereocenters. The van der Waals surface area contributed by atoms with Crippen molar-refractivity contribution < 1.29 is 9.63 Å². The van der Waals surface area contributed by atoms with E-state index < -0.39 is 17.0 Å². The Morgan fingerprint density at radius 3 is 2.80 bits per heavy atom. The van der Waals surface area contributed by atoms with Gasteiger partial charge in [-0.25, -0.2) is 9.75 Å². The van der Waals surface area contributed by atoms with Crippen LogP contribution in [0.2, 0.25) is 0 Å². The number of nitrogens with zero attached hydrogens (tertiary/aromatic N) is 2. The van der Waals surface area contributed by atoms with Crippen LogP contribution in [0, 0.1) is 0 Å². The maximum absolute atomic E-state index is 11.3. The lowest BCUT2D eigenvalue weighted by Crippen LogP contribution is -2.36. The summed E-state index contributed by atoms with van der Waals surface area (Å²) in [6.07, 6.45) is 0. The molecule has 0 spiro atoms. The molecular weight excluding hydrogens is 202 g/mol. The fourth-order valence-corrected chi connectivity index (χ4v) is 0.916. The minimum atomic E-state index is -0.451. The summed E-state index contributed by atoms with van der Waals surface area (Å²) in [6, 6.07) is 2.20. The number of carbonyl (C=O) groups is 1. The number of likely N-dealkylation sites (N-methyl/N-ethyl adjacent to an activating group) is 1. The van der Waals surface area contributed by atoms with Crippen molar-refractivity contribution in [2.45, 2.75) is 6.54 Å². The number of nitrogens with one attached hydrogen (secondary N) is 1. The molecule has 0 bridgehead atoms. The van der Waals surface area contributed by atoms with Gasteiger partial charge in [0.15, 0.2) is 0 Å². The van der Waals surface area contributed by atoms with Crippen molar-refractivity contribution in [2.75, 3.05) is 14.2 Å². The lowest BCUT2D eigenvalue weighted by molar-refractivity contribution is -0.169. The summed E-state index contributed by atoms with van der Waals surface area (Å²) in [6.45, 7) is -0.265. The molecule has 1 aromatic heterocycles. The number of aromatic amines is 1. The summed E-state index contributed by atoms with van der Waals surface area (Å²) in [4.78, 5) is 38.0. The summed E-state index contributed by atoms with van der Waals surface area (Å²) in [5, 5.41) is 3.20. The lowest BCUT2D eigenvalue weighted by Gasteiger charge is -2.13. The van der Waals surface area contributed by atoms with E-state index in [0.29, 0.717) is 0 Å². The zero-order chi connectivity index (χ0) is 11.4. The number of hydroxylamine groups is 2. The van der Waals surface area contributed by atoms with Gasteiger partial charge in [-0.15, -0.1) is 0 Å². The zero-order valence-corrected chi connectivity index (χ0v) is 8.39. The molecule has 82 valence electrons. The van der Waals surface area contributed by atoms with E-state index in [1.54, 1.807) is 0 Å². The highest BCUT2D eigenvalue weighted by molar-refractivity contribution is 5.74. The molecule has 7 heteroatoms. The van der Waals surface area contributed by atoms with Gasteiger partial charge >= 0.3 is 0 Å². The van der Waals surface area contributed by atoms with E-state index in [0.717, 1.165) is 21.9 Å². The van der Waals surface area contributed by atoms with Crippen LogP contribution in [0.4, 0.5) is 0 Å². The number of hydrogen-bond acceptors (Lipinski definition) is 4. The second-order valence-electron chi connectivity index (χ2n) is 2.81. The van der Waals surface area contributed by atoms with E-state index in [2.05, 4.69) is 9.94 Å². The molecule has 1 N–H and O–H groups in total. The van der Waals surface area contributed by atoms with Gasteiger partial charge in [0.1, 0.15) is 6.54 Å². The van der Waals surface area contributed by atoms with Gasteiger partial charge in [0.2, 0.25) is 0 Å². The van der Waals surface area contributed by atoms with Crippen molar-refractivity contribution in [2.24, 2.45) is 0 Å². The smallest absolute Gasteiger partial charge is 0.267 e. The van der Waals surface area contributed by atoms with Crippen molar-refractivity contribution in [1.82, 2.24) is 14.8 Å². The van der Waals surface area contributed by atoms with Crippen LogP contribution in [0.25, 0.3) is 0 Å². The summed E-state index contributed by atoms with van der Waals surface area (Å²) in [5.74, 6) is -0.443. The highest BCUT2D eigenvalue weighted by Gasteiger charge is 2.09. The standard InChI is InChI=1S/C8H11N3O4/c1-10(15-2)8(14)5-11-7(13)4-3-6(12)9-11/h3-4H,5H2,1-2H3,(H,9,12). The quantitative estimate of drug-likeness (QED) is 0.623. The molecule has 0 radical (unpaired) electrons. The third-order valence-electron chi connectivity index (χ3n) is 1.81. The van der Waals surface area contributed by atoms with Crippen molar-refractivity contribution >= 4 is 5.91 Å².